The van der Waals surface area contributed by atoms with Crippen LogP contribution in [-0.2, 0) is 0 Å². The highest BCUT2D eigenvalue weighted by molar-refractivity contribution is 14.0. The maximum Gasteiger partial charge on any atom is 0.191 e. The molecule has 0 radical (unpaired) electrons. The predicted octanol–water partition coefficient (Wildman–Crippen LogP) is 2.77. The van der Waals surface area contributed by atoms with Gasteiger partial charge in [-0.25, -0.2) is 9.37 Å². The summed E-state index contributed by atoms with van der Waals surface area (Å²) in [5, 5.41) is 16.4. The molecule has 154 valence electrons. The molecule has 1 aliphatic rings. The van der Waals surface area contributed by atoms with Crippen molar-refractivity contribution in [1.29, 1.82) is 0 Å². The van der Waals surface area contributed by atoms with Crippen LogP contribution in [0.2, 0.25) is 0 Å². The molecule has 0 saturated carbocycles. The smallest absolute Gasteiger partial charge is 0.191 e. The molecular formula is C19H33FIN5O. The first-order valence-corrected chi connectivity index (χ1v) is 9.58. The van der Waals surface area contributed by atoms with E-state index in [9.17, 15) is 9.50 Å². The summed E-state index contributed by atoms with van der Waals surface area (Å²) in [6, 6.07) is 3.23. The van der Waals surface area contributed by atoms with Crippen molar-refractivity contribution in [2.45, 2.75) is 46.1 Å². The number of nitrogens with zero attached hydrogens (tertiary/aromatic N) is 3. The number of guanidine groups is 1. The molecule has 0 spiro atoms. The average Bonchev–Trinajstić information content (AvgIpc) is 3.12. The molecule has 8 heteroatoms. The largest absolute Gasteiger partial charge is 0.396 e. The SMILES string of the molecule is CCNC(=NCC(CC)(CC)CO)NC1CCN(c2ncccc2F)C1.I. The van der Waals surface area contributed by atoms with Gasteiger partial charge in [0.1, 0.15) is 0 Å². The van der Waals surface area contributed by atoms with E-state index in [4.69, 9.17) is 4.99 Å². The van der Waals surface area contributed by atoms with Crippen LogP contribution in [0.15, 0.2) is 23.3 Å². The van der Waals surface area contributed by atoms with E-state index in [1.807, 2.05) is 11.8 Å². The minimum Gasteiger partial charge on any atom is -0.396 e. The highest BCUT2D eigenvalue weighted by Gasteiger charge is 2.27. The lowest BCUT2D eigenvalue weighted by atomic mass is 9.83. The number of aliphatic hydroxyl groups is 1. The first kappa shape index (κ1) is 23.9. The molecule has 1 unspecified atom stereocenters. The summed E-state index contributed by atoms with van der Waals surface area (Å²) >= 11 is 0. The van der Waals surface area contributed by atoms with E-state index in [1.54, 1.807) is 12.3 Å². The summed E-state index contributed by atoms with van der Waals surface area (Å²) in [7, 11) is 0. The van der Waals surface area contributed by atoms with Crippen molar-refractivity contribution in [3.05, 3.63) is 24.1 Å². The van der Waals surface area contributed by atoms with Crippen LogP contribution in [0, 0.1) is 11.2 Å². The first-order chi connectivity index (χ1) is 12.6. The standard InChI is InChI=1S/C19H32FN5O.HI/c1-4-19(5-2,14-26)13-23-18(21-6-3)24-15-9-11-25(12-15)17-16(20)8-7-10-22-17;/h7-8,10,15,26H,4-6,9,11-14H2,1-3H3,(H2,21,23,24);1H. The molecule has 0 bridgehead atoms. The van der Waals surface area contributed by atoms with E-state index in [0.717, 1.165) is 38.3 Å². The van der Waals surface area contributed by atoms with Crippen LogP contribution in [0.3, 0.4) is 0 Å². The molecular weight excluding hydrogens is 460 g/mol. The quantitative estimate of drug-likeness (QED) is 0.295. The van der Waals surface area contributed by atoms with Gasteiger partial charge in [-0.05, 0) is 38.3 Å². The lowest BCUT2D eigenvalue weighted by Crippen LogP contribution is -2.45. The molecule has 27 heavy (non-hydrogen) atoms. The Morgan fingerprint density at radius 3 is 2.74 bits per heavy atom. The van der Waals surface area contributed by atoms with Gasteiger partial charge in [0.2, 0.25) is 0 Å². The maximum absolute atomic E-state index is 13.9. The van der Waals surface area contributed by atoms with Crippen LogP contribution in [0.25, 0.3) is 0 Å². The highest BCUT2D eigenvalue weighted by atomic mass is 127. The molecule has 1 atom stereocenters. The predicted molar refractivity (Wildman–Crippen MR) is 119 cm³/mol. The number of anilines is 1. The molecule has 0 amide bonds. The minimum absolute atomic E-state index is 0. The van der Waals surface area contributed by atoms with Gasteiger partial charge in [-0.1, -0.05) is 13.8 Å². The molecule has 0 aliphatic carbocycles. The normalized spacial score (nSPS) is 17.6. The zero-order valence-corrected chi connectivity index (χ0v) is 18.9. The summed E-state index contributed by atoms with van der Waals surface area (Å²) in [5.41, 5.74) is -0.166. The molecule has 3 N–H and O–H groups in total. The lowest BCUT2D eigenvalue weighted by molar-refractivity contribution is 0.123. The molecule has 2 heterocycles. The topological polar surface area (TPSA) is 72.8 Å². The molecule has 0 aromatic carbocycles. The summed E-state index contributed by atoms with van der Waals surface area (Å²) in [6.07, 6.45) is 4.29. The van der Waals surface area contributed by atoms with Crippen LogP contribution < -0.4 is 15.5 Å². The van der Waals surface area contributed by atoms with Crippen LogP contribution >= 0.6 is 24.0 Å². The lowest BCUT2D eigenvalue weighted by Gasteiger charge is -2.28. The van der Waals surface area contributed by atoms with Crippen LogP contribution in [0.1, 0.15) is 40.0 Å². The molecule has 1 aliphatic heterocycles. The van der Waals surface area contributed by atoms with Crippen molar-refractivity contribution in [2.75, 3.05) is 37.7 Å². The first-order valence-electron chi connectivity index (χ1n) is 9.58. The van der Waals surface area contributed by atoms with E-state index >= 15 is 0 Å². The van der Waals surface area contributed by atoms with Crippen molar-refractivity contribution < 1.29 is 9.50 Å². The monoisotopic (exact) mass is 493 g/mol. The van der Waals surface area contributed by atoms with Gasteiger partial charge in [-0.2, -0.15) is 0 Å². The number of rotatable bonds is 8. The Bertz CT molecular complexity index is 589. The van der Waals surface area contributed by atoms with Crippen LogP contribution in [0.5, 0.6) is 0 Å². The van der Waals surface area contributed by atoms with Gasteiger partial charge in [-0.15, -0.1) is 24.0 Å². The van der Waals surface area contributed by atoms with E-state index in [1.165, 1.54) is 6.07 Å². The number of hydrogen-bond acceptors (Lipinski definition) is 4. The summed E-state index contributed by atoms with van der Waals surface area (Å²) in [5.74, 6) is 0.878. The third kappa shape index (κ3) is 6.44. The van der Waals surface area contributed by atoms with Gasteiger partial charge >= 0.3 is 0 Å². The van der Waals surface area contributed by atoms with Gasteiger partial charge < -0.3 is 20.6 Å². The molecule has 1 aromatic rings. The van der Waals surface area contributed by atoms with E-state index in [0.29, 0.717) is 18.9 Å². The second-order valence-corrected chi connectivity index (χ2v) is 6.95. The third-order valence-electron chi connectivity index (χ3n) is 5.32. The average molecular weight is 493 g/mol. The second-order valence-electron chi connectivity index (χ2n) is 6.95. The van der Waals surface area contributed by atoms with Crippen molar-refractivity contribution in [3.8, 4) is 0 Å². The number of aliphatic hydroxyl groups excluding tert-OH is 1. The Labute approximate surface area is 179 Å². The summed E-state index contributed by atoms with van der Waals surface area (Å²) < 4.78 is 13.9. The Morgan fingerprint density at radius 1 is 1.41 bits per heavy atom. The molecule has 1 fully saturated rings. The molecule has 1 aromatic heterocycles. The van der Waals surface area contributed by atoms with Crippen molar-refractivity contribution >= 4 is 35.8 Å². The number of nitrogens with one attached hydrogen (secondary N) is 2. The fraction of sp³-hybridized carbons (Fsp3) is 0.684. The van der Waals surface area contributed by atoms with Crippen LogP contribution in [-0.4, -0.2) is 54.9 Å². The highest BCUT2D eigenvalue weighted by Crippen LogP contribution is 2.26. The Morgan fingerprint density at radius 2 is 2.15 bits per heavy atom. The Kier molecular flexibility index (Phi) is 10.3. The summed E-state index contributed by atoms with van der Waals surface area (Å²) in [4.78, 5) is 10.8. The van der Waals surface area contributed by atoms with E-state index in [-0.39, 0.29) is 47.9 Å². The molecule has 1 saturated heterocycles. The molecule has 2 rings (SSSR count). The van der Waals surface area contributed by atoms with Crippen molar-refractivity contribution in [2.24, 2.45) is 10.4 Å². The Balaban J connectivity index is 0.00000364. The zero-order valence-electron chi connectivity index (χ0n) is 16.5. The zero-order chi connectivity index (χ0) is 19.0. The van der Waals surface area contributed by atoms with E-state index in [2.05, 4.69) is 29.5 Å². The van der Waals surface area contributed by atoms with Crippen molar-refractivity contribution in [1.82, 2.24) is 15.6 Å². The number of hydrogen-bond donors (Lipinski definition) is 3. The van der Waals surface area contributed by atoms with Crippen molar-refractivity contribution in [3.63, 3.8) is 0 Å². The van der Waals surface area contributed by atoms with E-state index < -0.39 is 0 Å². The number of pyridine rings is 1. The van der Waals surface area contributed by atoms with Gasteiger partial charge in [0, 0.05) is 37.3 Å². The molecule has 6 nitrogen and oxygen atoms in total. The van der Waals surface area contributed by atoms with Crippen LogP contribution in [0.4, 0.5) is 10.2 Å². The third-order valence-corrected chi connectivity index (χ3v) is 5.32. The van der Waals surface area contributed by atoms with Gasteiger partial charge in [-0.3, -0.25) is 4.99 Å². The fourth-order valence-corrected chi connectivity index (χ4v) is 3.19. The summed E-state index contributed by atoms with van der Waals surface area (Å²) in [6.45, 7) is 9.14. The second kappa shape index (κ2) is 11.6. The van der Waals surface area contributed by atoms with Gasteiger partial charge in [0.25, 0.3) is 0 Å². The number of aromatic nitrogens is 1. The minimum atomic E-state index is -0.285. The maximum atomic E-state index is 13.9. The van der Waals surface area contributed by atoms with Gasteiger partial charge in [0.05, 0.1) is 13.2 Å². The number of aliphatic imine (C=N–C) groups is 1. The fourth-order valence-electron chi connectivity index (χ4n) is 3.19. The number of halogens is 2. The van der Waals surface area contributed by atoms with Gasteiger partial charge in [0.15, 0.2) is 17.6 Å². The Hall–Kier alpha value is -1.16.